The number of nitrogens with zero attached hydrogens (tertiary/aromatic N) is 3. The maximum absolute atomic E-state index is 9.75. The zero-order valence-electron chi connectivity index (χ0n) is 10.6. The molecule has 7 heteroatoms. The monoisotopic (exact) mass is 278 g/mol. The van der Waals surface area contributed by atoms with Gasteiger partial charge in [0.15, 0.2) is 5.82 Å². The number of hydrogen-bond donors (Lipinski definition) is 2. The van der Waals surface area contributed by atoms with E-state index < -0.39 is 0 Å². The van der Waals surface area contributed by atoms with Gasteiger partial charge in [0.1, 0.15) is 11.5 Å². The molecule has 0 fully saturated rings. The Morgan fingerprint density at radius 2 is 2.37 bits per heavy atom. The van der Waals surface area contributed by atoms with Crippen molar-refractivity contribution in [1.82, 2.24) is 14.9 Å². The molecule has 19 heavy (non-hydrogen) atoms. The molecule has 1 aromatic heterocycles. The lowest BCUT2D eigenvalue weighted by Crippen LogP contribution is -1.97. The third-order valence-electron chi connectivity index (χ3n) is 2.58. The van der Waals surface area contributed by atoms with Crippen molar-refractivity contribution in [2.75, 3.05) is 7.11 Å². The predicted octanol–water partition coefficient (Wildman–Crippen LogP) is 2.10. The normalized spacial score (nSPS) is 11.1. The zero-order chi connectivity index (χ0) is 13.8. The summed E-state index contributed by atoms with van der Waals surface area (Å²) >= 11 is 5.08. The van der Waals surface area contributed by atoms with Gasteiger partial charge in [-0.25, -0.2) is 0 Å². The van der Waals surface area contributed by atoms with Crippen LogP contribution < -0.4 is 4.74 Å². The van der Waals surface area contributed by atoms with Crippen molar-refractivity contribution in [3.05, 3.63) is 34.4 Å². The number of aromatic amines is 1. The van der Waals surface area contributed by atoms with Crippen molar-refractivity contribution in [2.45, 2.75) is 13.3 Å². The summed E-state index contributed by atoms with van der Waals surface area (Å²) in [5.74, 6) is 1.49. The summed E-state index contributed by atoms with van der Waals surface area (Å²) in [6.45, 7) is 1.96. The summed E-state index contributed by atoms with van der Waals surface area (Å²) in [7, 11) is 1.56. The van der Waals surface area contributed by atoms with Crippen LogP contribution in [0.5, 0.6) is 11.5 Å². The average Bonchev–Trinajstić information content (AvgIpc) is 2.78. The van der Waals surface area contributed by atoms with Crippen LogP contribution in [0.15, 0.2) is 23.3 Å². The maximum Gasteiger partial charge on any atom is 0.216 e. The van der Waals surface area contributed by atoms with Crippen LogP contribution in [0.4, 0.5) is 0 Å². The highest BCUT2D eigenvalue weighted by atomic mass is 32.1. The molecule has 2 aromatic rings. The zero-order valence-corrected chi connectivity index (χ0v) is 11.4. The first-order chi connectivity index (χ1) is 9.15. The molecule has 0 saturated heterocycles. The maximum atomic E-state index is 9.75. The Balaban J connectivity index is 2.37. The molecule has 0 unspecified atom stereocenters. The van der Waals surface area contributed by atoms with Crippen molar-refractivity contribution < 1.29 is 9.84 Å². The third-order valence-corrected chi connectivity index (χ3v) is 2.84. The van der Waals surface area contributed by atoms with Crippen LogP contribution in [0.1, 0.15) is 18.3 Å². The van der Waals surface area contributed by atoms with Crippen molar-refractivity contribution >= 4 is 18.4 Å². The number of rotatable bonds is 4. The van der Waals surface area contributed by atoms with Crippen LogP contribution in [0.2, 0.25) is 0 Å². The number of H-pyrrole nitrogens is 1. The summed E-state index contributed by atoms with van der Waals surface area (Å²) in [6, 6.07) is 4.91. The molecule has 0 saturated carbocycles. The molecule has 0 atom stereocenters. The van der Waals surface area contributed by atoms with Crippen molar-refractivity contribution in [2.24, 2.45) is 5.10 Å². The van der Waals surface area contributed by atoms with E-state index in [9.17, 15) is 5.11 Å². The molecular weight excluding hydrogens is 264 g/mol. The molecule has 0 amide bonds. The molecule has 0 bridgehead atoms. The summed E-state index contributed by atoms with van der Waals surface area (Å²) in [4.78, 5) is 0. The summed E-state index contributed by atoms with van der Waals surface area (Å²) in [6.07, 6.45) is 2.22. The Bertz CT molecular complexity index is 660. The molecule has 0 spiro atoms. The minimum atomic E-state index is 0.123. The highest BCUT2D eigenvalue weighted by molar-refractivity contribution is 7.71. The number of hydrogen-bond acceptors (Lipinski definition) is 5. The van der Waals surface area contributed by atoms with Crippen LogP contribution in [0.25, 0.3) is 0 Å². The topological polar surface area (TPSA) is 75.4 Å². The molecule has 0 aliphatic heterocycles. The standard InChI is InChI=1S/C12H14N4O2S/c1-3-11-14-15-12(19)16(11)13-7-8-6-9(18-2)4-5-10(8)17/h4-7,17H,3H2,1-2H3,(H,15,19)/b13-7-. The number of ether oxygens (including phenoxy) is 1. The number of aromatic hydroxyl groups is 1. The van der Waals surface area contributed by atoms with Gasteiger partial charge in [0.2, 0.25) is 4.77 Å². The van der Waals surface area contributed by atoms with E-state index in [1.165, 1.54) is 10.9 Å². The summed E-state index contributed by atoms with van der Waals surface area (Å²) < 4.78 is 7.03. The van der Waals surface area contributed by atoms with Gasteiger partial charge in [-0.2, -0.15) is 14.9 Å². The molecule has 100 valence electrons. The summed E-state index contributed by atoms with van der Waals surface area (Å²) in [5.41, 5.74) is 0.546. The van der Waals surface area contributed by atoms with Gasteiger partial charge in [-0.05, 0) is 30.4 Å². The van der Waals surface area contributed by atoms with Crippen LogP contribution >= 0.6 is 12.2 Å². The van der Waals surface area contributed by atoms with Gasteiger partial charge in [0.25, 0.3) is 0 Å². The van der Waals surface area contributed by atoms with Gasteiger partial charge < -0.3 is 9.84 Å². The van der Waals surface area contributed by atoms with Crippen LogP contribution in [-0.2, 0) is 6.42 Å². The van der Waals surface area contributed by atoms with E-state index in [1.54, 1.807) is 25.3 Å². The van der Waals surface area contributed by atoms with Crippen molar-refractivity contribution in [3.8, 4) is 11.5 Å². The van der Waals surface area contributed by atoms with E-state index in [-0.39, 0.29) is 5.75 Å². The Labute approximate surface area is 115 Å². The molecule has 1 aromatic carbocycles. The SMILES string of the molecule is CCc1n[nH]c(=S)n1/N=C\c1cc(OC)ccc1O. The quantitative estimate of drug-likeness (QED) is 0.663. The van der Waals surface area contributed by atoms with Gasteiger partial charge in [0, 0.05) is 12.0 Å². The van der Waals surface area contributed by atoms with Gasteiger partial charge in [-0.3, -0.25) is 5.10 Å². The first kappa shape index (κ1) is 13.3. The second-order valence-corrected chi connectivity index (χ2v) is 4.17. The predicted molar refractivity (Wildman–Crippen MR) is 74.4 cm³/mol. The van der Waals surface area contributed by atoms with Gasteiger partial charge in [-0.15, -0.1) is 0 Å². The Kier molecular flexibility index (Phi) is 3.96. The first-order valence-electron chi connectivity index (χ1n) is 5.73. The van der Waals surface area contributed by atoms with Crippen LogP contribution in [-0.4, -0.2) is 33.3 Å². The van der Waals surface area contributed by atoms with Crippen molar-refractivity contribution in [1.29, 1.82) is 0 Å². The van der Waals surface area contributed by atoms with Crippen molar-refractivity contribution in [3.63, 3.8) is 0 Å². The lowest BCUT2D eigenvalue weighted by molar-refractivity contribution is 0.412. The Morgan fingerprint density at radius 3 is 3.05 bits per heavy atom. The number of methoxy groups -OCH3 is 1. The molecule has 0 radical (unpaired) electrons. The first-order valence-corrected chi connectivity index (χ1v) is 6.14. The molecule has 6 nitrogen and oxygen atoms in total. The lowest BCUT2D eigenvalue weighted by Gasteiger charge is -2.03. The molecule has 1 heterocycles. The number of aromatic nitrogens is 3. The van der Waals surface area contributed by atoms with Crippen LogP contribution in [0.3, 0.4) is 0 Å². The van der Waals surface area contributed by atoms with E-state index in [0.717, 1.165) is 5.82 Å². The smallest absolute Gasteiger partial charge is 0.216 e. The van der Waals surface area contributed by atoms with E-state index in [4.69, 9.17) is 17.0 Å². The fourth-order valence-corrected chi connectivity index (χ4v) is 1.75. The highest BCUT2D eigenvalue weighted by Crippen LogP contribution is 2.21. The highest BCUT2D eigenvalue weighted by Gasteiger charge is 2.03. The average molecular weight is 278 g/mol. The molecular formula is C12H14N4O2S. The third kappa shape index (κ3) is 2.82. The number of benzene rings is 1. The van der Waals surface area contributed by atoms with E-state index in [1.807, 2.05) is 6.92 Å². The number of phenolic OH excluding ortho intramolecular Hbond substituents is 1. The number of phenols is 1. The van der Waals surface area contributed by atoms with E-state index >= 15 is 0 Å². The molecule has 0 aliphatic rings. The molecule has 2 rings (SSSR count). The lowest BCUT2D eigenvalue weighted by atomic mass is 10.2. The second kappa shape index (κ2) is 5.66. The van der Waals surface area contributed by atoms with Gasteiger partial charge >= 0.3 is 0 Å². The number of nitrogens with one attached hydrogen (secondary N) is 1. The van der Waals surface area contributed by atoms with Crippen LogP contribution in [0, 0.1) is 4.77 Å². The minimum Gasteiger partial charge on any atom is -0.507 e. The fraction of sp³-hybridized carbons (Fsp3) is 0.250. The largest absolute Gasteiger partial charge is 0.507 e. The van der Waals surface area contributed by atoms with Gasteiger partial charge in [0.05, 0.1) is 13.3 Å². The van der Waals surface area contributed by atoms with E-state index in [0.29, 0.717) is 22.5 Å². The molecule has 2 N–H and O–H groups in total. The fourth-order valence-electron chi connectivity index (χ4n) is 1.56. The molecule has 0 aliphatic carbocycles. The minimum absolute atomic E-state index is 0.123. The Morgan fingerprint density at radius 1 is 1.58 bits per heavy atom. The number of aryl methyl sites for hydroxylation is 1. The Hall–Kier alpha value is -2.15. The second-order valence-electron chi connectivity index (χ2n) is 3.78. The summed E-state index contributed by atoms with van der Waals surface area (Å²) in [5, 5.41) is 20.7. The van der Waals surface area contributed by atoms with E-state index in [2.05, 4.69) is 15.3 Å². The van der Waals surface area contributed by atoms with Gasteiger partial charge in [-0.1, -0.05) is 6.92 Å².